The summed E-state index contributed by atoms with van der Waals surface area (Å²) in [5.74, 6) is 0.0284. The second-order valence-corrected chi connectivity index (χ2v) is 7.02. The van der Waals surface area contributed by atoms with Crippen LogP contribution in [0.4, 0.5) is 0 Å². The number of halogens is 1. The summed E-state index contributed by atoms with van der Waals surface area (Å²) in [4.78, 5) is 20.2. The third kappa shape index (κ3) is 3.58. The van der Waals surface area contributed by atoms with Gasteiger partial charge in [-0.2, -0.15) is 0 Å². The van der Waals surface area contributed by atoms with E-state index in [9.17, 15) is 9.90 Å². The number of carbonyl (C=O) groups excluding carboxylic acids is 1. The number of aliphatic hydroxyl groups excluding tert-OH is 1. The summed E-state index contributed by atoms with van der Waals surface area (Å²) in [6.45, 7) is 7.55. The molecule has 0 radical (unpaired) electrons. The van der Waals surface area contributed by atoms with Crippen LogP contribution < -0.4 is 0 Å². The molecule has 6 heteroatoms. The minimum atomic E-state index is -0.339. The van der Waals surface area contributed by atoms with Gasteiger partial charge in [-0.1, -0.05) is 11.6 Å². The number of nitrogens with zero attached hydrogens (tertiary/aromatic N) is 2. The molecular weight excluding hydrogens is 326 g/mol. The van der Waals surface area contributed by atoms with Crippen LogP contribution in [0.3, 0.4) is 0 Å². The van der Waals surface area contributed by atoms with Crippen LogP contribution in [0.2, 0.25) is 5.02 Å². The number of aliphatic hydroxyl groups is 1. The average Bonchev–Trinajstić information content (AvgIpc) is 2.85. The fourth-order valence-electron chi connectivity index (χ4n) is 3.34. The first-order valence-electron chi connectivity index (χ1n) is 8.43. The predicted octanol–water partition coefficient (Wildman–Crippen LogP) is 2.66. The van der Waals surface area contributed by atoms with Gasteiger partial charge >= 0.3 is 0 Å². The Bertz CT molecular complexity index is 741. The maximum Gasteiger partial charge on any atom is 0.270 e. The molecule has 1 amide bonds. The lowest BCUT2D eigenvalue weighted by molar-refractivity contribution is 0.0752. The molecule has 0 bridgehead atoms. The molecule has 3 rings (SSSR count). The van der Waals surface area contributed by atoms with Crippen molar-refractivity contribution in [3.8, 4) is 0 Å². The summed E-state index contributed by atoms with van der Waals surface area (Å²) >= 11 is 6.17. The first-order valence-corrected chi connectivity index (χ1v) is 8.81. The molecule has 130 valence electrons. The first kappa shape index (κ1) is 17.3. The lowest BCUT2D eigenvalue weighted by atomic mass is 10.1. The number of fused-ring (bicyclic) bond motifs is 1. The van der Waals surface area contributed by atoms with Gasteiger partial charge in [0.15, 0.2) is 0 Å². The molecule has 1 aliphatic rings. The Kier molecular flexibility index (Phi) is 5.13. The number of β-amino-alcohol motifs (C(OH)–C–C–N with tert-alkyl or cyclic N) is 1. The lowest BCUT2D eigenvalue weighted by Gasteiger charge is -2.22. The smallest absolute Gasteiger partial charge is 0.270 e. The minimum Gasteiger partial charge on any atom is -0.392 e. The summed E-state index contributed by atoms with van der Waals surface area (Å²) in [6, 6.07) is 5.66. The summed E-state index contributed by atoms with van der Waals surface area (Å²) in [5, 5.41) is 11.2. The van der Waals surface area contributed by atoms with Gasteiger partial charge in [-0.3, -0.25) is 9.69 Å². The molecule has 1 atom stereocenters. The molecule has 1 aromatic carbocycles. The Balaban J connectivity index is 1.75. The molecule has 1 aromatic heterocycles. The largest absolute Gasteiger partial charge is 0.392 e. The quantitative estimate of drug-likeness (QED) is 0.895. The topological polar surface area (TPSA) is 59.6 Å². The van der Waals surface area contributed by atoms with Crippen LogP contribution in [-0.4, -0.2) is 64.6 Å². The molecule has 24 heavy (non-hydrogen) atoms. The summed E-state index contributed by atoms with van der Waals surface area (Å²) < 4.78 is 0. The fraction of sp³-hybridized carbons (Fsp3) is 0.500. The number of carbonyl (C=O) groups is 1. The van der Waals surface area contributed by atoms with Gasteiger partial charge in [0.05, 0.1) is 6.10 Å². The third-order valence-corrected chi connectivity index (χ3v) is 5.04. The third-order valence-electron chi connectivity index (χ3n) is 4.64. The Morgan fingerprint density at radius 3 is 2.88 bits per heavy atom. The van der Waals surface area contributed by atoms with Crippen LogP contribution in [0.15, 0.2) is 18.2 Å². The number of hydrogen-bond donors (Lipinski definition) is 2. The van der Waals surface area contributed by atoms with E-state index in [4.69, 9.17) is 11.6 Å². The van der Waals surface area contributed by atoms with Gasteiger partial charge in [0.1, 0.15) is 5.69 Å². The zero-order valence-corrected chi connectivity index (χ0v) is 14.9. The van der Waals surface area contributed by atoms with Crippen molar-refractivity contribution in [3.63, 3.8) is 0 Å². The number of amides is 1. The van der Waals surface area contributed by atoms with Gasteiger partial charge in [-0.05, 0) is 50.6 Å². The summed E-state index contributed by atoms with van der Waals surface area (Å²) in [5.41, 5.74) is 2.54. The highest BCUT2D eigenvalue weighted by Gasteiger charge is 2.22. The summed E-state index contributed by atoms with van der Waals surface area (Å²) in [6.07, 6.45) is 0.581. The maximum atomic E-state index is 12.8. The normalized spacial score (nSPS) is 17.9. The van der Waals surface area contributed by atoms with Crippen molar-refractivity contribution < 1.29 is 9.90 Å². The van der Waals surface area contributed by atoms with E-state index in [0.29, 0.717) is 23.8 Å². The average molecular weight is 350 g/mol. The van der Waals surface area contributed by atoms with Crippen LogP contribution in [-0.2, 0) is 0 Å². The number of hydrogen-bond acceptors (Lipinski definition) is 3. The summed E-state index contributed by atoms with van der Waals surface area (Å²) in [7, 11) is 0. The second-order valence-electron chi connectivity index (χ2n) is 6.61. The molecule has 0 spiro atoms. The molecule has 2 N–H and O–H groups in total. The highest BCUT2D eigenvalue weighted by molar-refractivity contribution is 6.32. The SMILES string of the molecule is Cc1c(Cl)ccc2[nH]c(C(=O)N3CCCN(CC(C)O)CC3)cc12. The van der Waals surface area contributed by atoms with Crippen LogP contribution in [0, 0.1) is 6.92 Å². The van der Waals surface area contributed by atoms with Crippen molar-refractivity contribution in [2.24, 2.45) is 0 Å². The van der Waals surface area contributed by atoms with Crippen molar-refractivity contribution in [2.75, 3.05) is 32.7 Å². The molecule has 1 fully saturated rings. The number of aromatic nitrogens is 1. The zero-order valence-electron chi connectivity index (χ0n) is 14.2. The number of benzene rings is 1. The second kappa shape index (κ2) is 7.13. The molecule has 0 saturated carbocycles. The number of aryl methyl sites for hydroxylation is 1. The Labute approximate surface area is 147 Å². The van der Waals surface area contributed by atoms with Gasteiger partial charge in [0, 0.05) is 42.1 Å². The lowest BCUT2D eigenvalue weighted by Crippen LogP contribution is -2.37. The minimum absolute atomic E-state index is 0.0284. The Morgan fingerprint density at radius 2 is 2.12 bits per heavy atom. The molecular formula is C18H24ClN3O2. The van der Waals surface area contributed by atoms with Gasteiger partial charge in [-0.15, -0.1) is 0 Å². The van der Waals surface area contributed by atoms with E-state index in [0.717, 1.165) is 42.5 Å². The van der Waals surface area contributed by atoms with E-state index in [1.165, 1.54) is 0 Å². The van der Waals surface area contributed by atoms with E-state index in [1.54, 1.807) is 6.92 Å². The van der Waals surface area contributed by atoms with Gasteiger partial charge in [0.2, 0.25) is 0 Å². The molecule has 5 nitrogen and oxygen atoms in total. The van der Waals surface area contributed by atoms with Crippen molar-refractivity contribution >= 4 is 28.4 Å². The van der Waals surface area contributed by atoms with E-state index in [2.05, 4.69) is 9.88 Å². The van der Waals surface area contributed by atoms with Crippen LogP contribution in [0.1, 0.15) is 29.4 Å². The number of aromatic amines is 1. The standard InChI is InChI=1S/C18H24ClN3O2/c1-12(23)11-21-6-3-7-22(9-8-21)18(24)17-10-14-13(2)15(19)4-5-16(14)20-17/h4-5,10,12,20,23H,3,6-9,11H2,1-2H3. The fourth-order valence-corrected chi connectivity index (χ4v) is 3.50. The van der Waals surface area contributed by atoms with Crippen LogP contribution >= 0.6 is 11.6 Å². The monoisotopic (exact) mass is 349 g/mol. The van der Waals surface area contributed by atoms with Gasteiger partial charge in [0.25, 0.3) is 5.91 Å². The molecule has 0 aliphatic carbocycles. The number of H-pyrrole nitrogens is 1. The van der Waals surface area contributed by atoms with E-state index in [-0.39, 0.29) is 12.0 Å². The Hall–Kier alpha value is -1.56. The van der Waals surface area contributed by atoms with Crippen LogP contribution in [0.5, 0.6) is 0 Å². The van der Waals surface area contributed by atoms with Crippen molar-refractivity contribution in [1.29, 1.82) is 0 Å². The zero-order chi connectivity index (χ0) is 17.3. The van der Waals surface area contributed by atoms with Crippen molar-refractivity contribution in [1.82, 2.24) is 14.8 Å². The van der Waals surface area contributed by atoms with Crippen molar-refractivity contribution in [3.05, 3.63) is 34.5 Å². The van der Waals surface area contributed by atoms with Gasteiger partial charge < -0.3 is 15.0 Å². The van der Waals surface area contributed by atoms with Crippen LogP contribution in [0.25, 0.3) is 10.9 Å². The highest BCUT2D eigenvalue weighted by Crippen LogP contribution is 2.26. The molecule has 2 aromatic rings. The molecule has 1 aliphatic heterocycles. The molecule has 1 saturated heterocycles. The van der Waals surface area contributed by atoms with Gasteiger partial charge in [-0.25, -0.2) is 0 Å². The van der Waals surface area contributed by atoms with Crippen molar-refractivity contribution in [2.45, 2.75) is 26.4 Å². The maximum absolute atomic E-state index is 12.8. The Morgan fingerprint density at radius 1 is 1.33 bits per heavy atom. The molecule has 1 unspecified atom stereocenters. The predicted molar refractivity (Wildman–Crippen MR) is 96.7 cm³/mol. The van der Waals surface area contributed by atoms with E-state index >= 15 is 0 Å². The molecule has 2 heterocycles. The number of nitrogens with one attached hydrogen (secondary N) is 1. The number of rotatable bonds is 3. The van der Waals surface area contributed by atoms with E-state index < -0.39 is 0 Å². The first-order chi connectivity index (χ1) is 11.5. The van der Waals surface area contributed by atoms with E-state index in [1.807, 2.05) is 30.0 Å². The highest BCUT2D eigenvalue weighted by atomic mass is 35.5.